The summed E-state index contributed by atoms with van der Waals surface area (Å²) >= 11 is 0. The third kappa shape index (κ3) is 4.64. The normalized spacial score (nSPS) is 15.4. The minimum Gasteiger partial charge on any atom is -0.444 e. The molecule has 0 saturated heterocycles. The maximum absolute atomic E-state index is 14.4. The van der Waals surface area contributed by atoms with Gasteiger partial charge in [0.25, 0.3) is 6.30 Å². The van der Waals surface area contributed by atoms with Crippen LogP contribution < -0.4 is 4.90 Å². The lowest BCUT2D eigenvalue weighted by Gasteiger charge is -2.34. The molecule has 0 saturated carbocycles. The van der Waals surface area contributed by atoms with Gasteiger partial charge in [-0.25, -0.2) is 31.3 Å². The number of carbonyl (C=O) groups is 1. The quantitative estimate of drug-likeness (QED) is 0.395. The molecule has 1 unspecified atom stereocenters. The van der Waals surface area contributed by atoms with E-state index in [1.54, 1.807) is 13.8 Å². The molecule has 0 bridgehead atoms. The molecule has 2 aromatic rings. The molecule has 14 heteroatoms. The topological polar surface area (TPSA) is 113 Å². The number of nitriles is 1. The van der Waals surface area contributed by atoms with E-state index in [4.69, 9.17) is 0 Å². The number of anilines is 1. The first-order valence-electron chi connectivity index (χ1n) is 10.1. The molecule has 8 nitrogen and oxygen atoms in total. The standard InChI is InChI=1S/C21H19F5N4O4S/c1-4-35(32,33)15-6-12(20(2,3)10-27)7-29-16(15)13-5-11-9-34-19(31)30(14(11)8-28-13)18(24)21(25,26)17(22)23/h5-8,17-18H,4,9H2,1-3H3. The number of rotatable bonds is 7. The number of halogens is 5. The van der Waals surface area contributed by atoms with Crippen LogP contribution >= 0.6 is 0 Å². The number of hydrogen-bond acceptors (Lipinski definition) is 7. The van der Waals surface area contributed by atoms with Crippen molar-refractivity contribution in [2.75, 3.05) is 10.7 Å². The van der Waals surface area contributed by atoms with E-state index in [9.17, 15) is 40.4 Å². The molecule has 3 rings (SSSR count). The molecule has 1 aliphatic heterocycles. The van der Waals surface area contributed by atoms with Crippen molar-refractivity contribution in [3.05, 3.63) is 35.7 Å². The highest BCUT2D eigenvalue weighted by Crippen LogP contribution is 2.39. The van der Waals surface area contributed by atoms with Gasteiger partial charge in [0.2, 0.25) is 0 Å². The van der Waals surface area contributed by atoms with Crippen molar-refractivity contribution in [2.24, 2.45) is 0 Å². The van der Waals surface area contributed by atoms with Gasteiger partial charge in [-0.2, -0.15) is 14.0 Å². The smallest absolute Gasteiger partial charge is 0.417 e. The summed E-state index contributed by atoms with van der Waals surface area (Å²) in [4.78, 5) is 19.5. The van der Waals surface area contributed by atoms with Crippen LogP contribution in [0.4, 0.5) is 32.4 Å². The summed E-state index contributed by atoms with van der Waals surface area (Å²) in [6.45, 7) is 3.98. The van der Waals surface area contributed by atoms with Gasteiger partial charge in [-0.1, -0.05) is 6.92 Å². The van der Waals surface area contributed by atoms with Crippen molar-refractivity contribution < 1.29 is 39.9 Å². The summed E-state index contributed by atoms with van der Waals surface area (Å²) in [7, 11) is -3.90. The molecule has 3 heterocycles. The van der Waals surface area contributed by atoms with Crippen molar-refractivity contribution in [1.82, 2.24) is 9.97 Å². The Morgan fingerprint density at radius 3 is 2.43 bits per heavy atom. The summed E-state index contributed by atoms with van der Waals surface area (Å²) in [6, 6.07) is 4.45. The highest BCUT2D eigenvalue weighted by molar-refractivity contribution is 7.91. The second-order valence-corrected chi connectivity index (χ2v) is 10.4. The lowest BCUT2D eigenvalue weighted by molar-refractivity contribution is -0.169. The molecule has 0 N–H and O–H groups in total. The van der Waals surface area contributed by atoms with Crippen LogP contribution in [0.1, 0.15) is 31.9 Å². The lowest BCUT2D eigenvalue weighted by atomic mass is 9.87. The number of fused-ring (bicyclic) bond motifs is 1. The van der Waals surface area contributed by atoms with Crippen molar-refractivity contribution in [3.8, 4) is 17.5 Å². The van der Waals surface area contributed by atoms with Gasteiger partial charge >= 0.3 is 18.4 Å². The minimum absolute atomic E-state index is 0.0917. The summed E-state index contributed by atoms with van der Waals surface area (Å²) < 4.78 is 97.2. The molecule has 2 aromatic heterocycles. The minimum atomic E-state index is -5.19. The molecule has 1 aliphatic rings. The fourth-order valence-electron chi connectivity index (χ4n) is 3.19. The highest BCUT2D eigenvalue weighted by Gasteiger charge is 2.55. The summed E-state index contributed by atoms with van der Waals surface area (Å²) in [6.07, 6.45) is -7.71. The predicted octanol–water partition coefficient (Wildman–Crippen LogP) is 4.39. The Morgan fingerprint density at radius 1 is 1.20 bits per heavy atom. The van der Waals surface area contributed by atoms with Crippen molar-refractivity contribution >= 4 is 21.6 Å². The second kappa shape index (κ2) is 9.03. The second-order valence-electron chi connectivity index (χ2n) is 8.14. The van der Waals surface area contributed by atoms with Crippen LogP contribution in [-0.4, -0.2) is 48.9 Å². The molecule has 0 fully saturated rings. The Hall–Kier alpha value is -3.34. The Balaban J connectivity index is 2.16. The van der Waals surface area contributed by atoms with Gasteiger partial charge in [0.1, 0.15) is 12.3 Å². The Labute approximate surface area is 197 Å². The Bertz CT molecular complexity index is 1310. The van der Waals surface area contributed by atoms with Crippen molar-refractivity contribution in [3.63, 3.8) is 0 Å². The molecule has 188 valence electrons. The predicted molar refractivity (Wildman–Crippen MR) is 112 cm³/mol. The summed E-state index contributed by atoms with van der Waals surface area (Å²) in [5.41, 5.74) is -1.64. The van der Waals surface area contributed by atoms with Crippen LogP contribution in [-0.2, 0) is 26.6 Å². The van der Waals surface area contributed by atoms with Crippen molar-refractivity contribution in [2.45, 2.75) is 56.3 Å². The third-order valence-corrected chi connectivity index (χ3v) is 7.16. The fraction of sp³-hybridized carbons (Fsp3) is 0.429. The van der Waals surface area contributed by atoms with E-state index >= 15 is 0 Å². The van der Waals surface area contributed by atoms with E-state index in [0.29, 0.717) is 5.56 Å². The zero-order valence-electron chi connectivity index (χ0n) is 18.6. The number of sulfone groups is 1. The highest BCUT2D eigenvalue weighted by atomic mass is 32.2. The third-order valence-electron chi connectivity index (χ3n) is 5.42. The van der Waals surface area contributed by atoms with E-state index in [2.05, 4.69) is 14.7 Å². The van der Waals surface area contributed by atoms with Crippen LogP contribution in [0.15, 0.2) is 29.4 Å². The maximum Gasteiger partial charge on any atom is 0.417 e. The van der Waals surface area contributed by atoms with Crippen LogP contribution in [0.3, 0.4) is 0 Å². The number of carbonyl (C=O) groups excluding carboxylic acids is 1. The molecule has 1 amide bonds. The molecular weight excluding hydrogens is 499 g/mol. The average Bonchev–Trinajstić information content (AvgIpc) is 2.82. The lowest BCUT2D eigenvalue weighted by Crippen LogP contribution is -2.53. The monoisotopic (exact) mass is 518 g/mol. The number of aromatic nitrogens is 2. The molecule has 0 spiro atoms. The number of amides is 1. The van der Waals surface area contributed by atoms with Gasteiger partial charge in [-0.05, 0) is 31.5 Å². The van der Waals surface area contributed by atoms with Gasteiger partial charge in [0.05, 0.1) is 39.7 Å². The van der Waals surface area contributed by atoms with E-state index in [1.807, 2.05) is 6.07 Å². The molecular formula is C21H19F5N4O4S. The number of alkyl halides is 5. The Morgan fingerprint density at radius 2 is 1.86 bits per heavy atom. The first-order chi connectivity index (χ1) is 16.2. The van der Waals surface area contributed by atoms with Crippen LogP contribution in [0, 0.1) is 11.3 Å². The van der Waals surface area contributed by atoms with Gasteiger partial charge in [-0.3, -0.25) is 9.97 Å². The van der Waals surface area contributed by atoms with E-state index in [0.717, 1.165) is 12.3 Å². The number of cyclic esters (lactones) is 1. The van der Waals surface area contributed by atoms with Gasteiger partial charge < -0.3 is 4.74 Å². The molecule has 0 aromatic carbocycles. The summed E-state index contributed by atoms with van der Waals surface area (Å²) in [5.74, 6) is -5.51. The van der Waals surface area contributed by atoms with E-state index in [-0.39, 0.29) is 32.5 Å². The molecule has 0 radical (unpaired) electrons. The first kappa shape index (κ1) is 26.3. The molecule has 1 atom stereocenters. The SMILES string of the molecule is CCS(=O)(=O)c1cc(C(C)(C)C#N)cnc1-c1cc2c(cn1)N(C(F)C(F)(F)C(F)F)C(=O)OC2. The van der Waals surface area contributed by atoms with Gasteiger partial charge in [0.15, 0.2) is 9.84 Å². The summed E-state index contributed by atoms with van der Waals surface area (Å²) in [5, 5.41) is 9.38. The largest absolute Gasteiger partial charge is 0.444 e. The maximum atomic E-state index is 14.4. The fourth-order valence-corrected chi connectivity index (χ4v) is 4.26. The number of ether oxygens (including phenoxy) is 1. The number of hydrogen-bond donors (Lipinski definition) is 0. The zero-order valence-corrected chi connectivity index (χ0v) is 19.4. The van der Waals surface area contributed by atoms with Crippen LogP contribution in [0.2, 0.25) is 0 Å². The van der Waals surface area contributed by atoms with Gasteiger partial charge in [0, 0.05) is 11.8 Å². The van der Waals surface area contributed by atoms with Crippen molar-refractivity contribution in [1.29, 1.82) is 5.26 Å². The molecule has 0 aliphatic carbocycles. The van der Waals surface area contributed by atoms with E-state index in [1.165, 1.54) is 19.2 Å². The van der Waals surface area contributed by atoms with Crippen LogP contribution in [0.5, 0.6) is 0 Å². The molecule has 35 heavy (non-hydrogen) atoms. The first-order valence-corrected chi connectivity index (χ1v) is 11.7. The average molecular weight is 518 g/mol. The van der Waals surface area contributed by atoms with Crippen LogP contribution in [0.25, 0.3) is 11.4 Å². The zero-order chi connectivity index (χ0) is 26.3. The Kier molecular flexibility index (Phi) is 6.78. The van der Waals surface area contributed by atoms with Gasteiger partial charge in [-0.15, -0.1) is 0 Å². The number of nitrogens with zero attached hydrogens (tertiary/aromatic N) is 4. The number of pyridine rings is 2. The van der Waals surface area contributed by atoms with E-state index < -0.39 is 52.3 Å².